The maximum atomic E-state index is 11.8. The number of carbonyl (C=O) groups excluding carboxylic acids is 1. The van der Waals surface area contributed by atoms with Gasteiger partial charge in [-0.25, -0.2) is 9.78 Å². The lowest BCUT2D eigenvalue weighted by Gasteiger charge is -2.26. The number of likely N-dealkylation sites (tertiary alicyclic amines) is 1. The van der Waals surface area contributed by atoms with Gasteiger partial charge in [0.1, 0.15) is 11.6 Å². The summed E-state index contributed by atoms with van der Waals surface area (Å²) in [6.07, 6.45) is 1.41. The first kappa shape index (κ1) is 18.2. The van der Waals surface area contributed by atoms with Gasteiger partial charge in [0.25, 0.3) is 0 Å². The van der Waals surface area contributed by atoms with Crippen LogP contribution in [0, 0.1) is 13.8 Å². The third kappa shape index (κ3) is 3.07. The lowest BCUT2D eigenvalue weighted by Crippen LogP contribution is -2.37. The Labute approximate surface area is 168 Å². The number of alkyl carbamates (subject to hydrolysis) is 1. The van der Waals surface area contributed by atoms with Gasteiger partial charge in [0.2, 0.25) is 0 Å². The quantitative estimate of drug-likeness (QED) is 0.732. The summed E-state index contributed by atoms with van der Waals surface area (Å²) in [6, 6.07) is 6.54. The number of nitrogens with zero attached hydrogens (tertiary/aromatic N) is 4. The minimum Gasteiger partial charge on any atom is -0.449 e. The molecule has 5 rings (SSSR count). The molecular weight excluding hydrogens is 370 g/mol. The van der Waals surface area contributed by atoms with Crippen LogP contribution in [0.1, 0.15) is 42.2 Å². The lowest BCUT2D eigenvalue weighted by molar-refractivity contribution is 0.113. The first-order valence-electron chi connectivity index (χ1n) is 10.1. The number of hydrogen-bond donors (Lipinski definition) is 1. The number of benzene rings is 1. The Morgan fingerprint density at radius 3 is 2.79 bits per heavy atom. The molecule has 2 aliphatic heterocycles. The second-order valence-electron chi connectivity index (χ2n) is 8.07. The molecular formula is C21H25N5O3. The first-order chi connectivity index (χ1) is 14.0. The summed E-state index contributed by atoms with van der Waals surface area (Å²) in [5, 5.41) is 7.03. The topological polar surface area (TPSA) is 85.4 Å². The van der Waals surface area contributed by atoms with Crippen molar-refractivity contribution in [2.75, 3.05) is 26.7 Å². The fourth-order valence-electron chi connectivity index (χ4n) is 4.64. The molecule has 0 bridgehead atoms. The second-order valence-corrected chi connectivity index (χ2v) is 8.07. The lowest BCUT2D eigenvalue weighted by atomic mass is 10.0. The third-order valence-corrected chi connectivity index (χ3v) is 6.01. The maximum Gasteiger partial charge on any atom is 0.407 e. The van der Waals surface area contributed by atoms with Gasteiger partial charge in [-0.1, -0.05) is 11.2 Å². The highest BCUT2D eigenvalue weighted by atomic mass is 16.5. The smallest absolute Gasteiger partial charge is 0.407 e. The van der Waals surface area contributed by atoms with Crippen molar-refractivity contribution in [2.45, 2.75) is 38.8 Å². The van der Waals surface area contributed by atoms with E-state index in [0.717, 1.165) is 58.9 Å². The zero-order chi connectivity index (χ0) is 20.1. The number of fused-ring (bicyclic) bond motifs is 1. The highest BCUT2D eigenvalue weighted by Gasteiger charge is 2.31. The minimum atomic E-state index is -0.375. The molecule has 1 aromatic carbocycles. The van der Waals surface area contributed by atoms with Gasteiger partial charge in [-0.05, 0) is 51.6 Å². The van der Waals surface area contributed by atoms with E-state index in [1.165, 1.54) is 0 Å². The van der Waals surface area contributed by atoms with Gasteiger partial charge in [0.15, 0.2) is 0 Å². The summed E-state index contributed by atoms with van der Waals surface area (Å²) in [7, 11) is 2.14. The van der Waals surface area contributed by atoms with E-state index in [4.69, 9.17) is 14.2 Å². The molecule has 29 heavy (non-hydrogen) atoms. The van der Waals surface area contributed by atoms with E-state index < -0.39 is 0 Å². The molecule has 152 valence electrons. The molecule has 2 fully saturated rings. The van der Waals surface area contributed by atoms with Gasteiger partial charge in [-0.3, -0.25) is 0 Å². The molecule has 8 nitrogen and oxygen atoms in total. The van der Waals surface area contributed by atoms with Crippen molar-refractivity contribution in [1.29, 1.82) is 0 Å². The zero-order valence-electron chi connectivity index (χ0n) is 16.9. The average molecular weight is 395 g/mol. The number of rotatable bonds is 3. The molecule has 1 amide bonds. The van der Waals surface area contributed by atoms with Gasteiger partial charge in [-0.15, -0.1) is 0 Å². The van der Waals surface area contributed by atoms with Crippen LogP contribution < -0.4 is 5.32 Å². The Hall–Kier alpha value is -2.87. The summed E-state index contributed by atoms with van der Waals surface area (Å²) in [4.78, 5) is 19.2. The van der Waals surface area contributed by atoms with Crippen LogP contribution in [0.25, 0.3) is 22.2 Å². The molecule has 3 aromatic rings. The average Bonchev–Trinajstić information content (AvgIpc) is 3.38. The summed E-state index contributed by atoms with van der Waals surface area (Å²) >= 11 is 0. The van der Waals surface area contributed by atoms with Gasteiger partial charge in [0.05, 0.1) is 29.4 Å². The van der Waals surface area contributed by atoms with Gasteiger partial charge >= 0.3 is 6.09 Å². The summed E-state index contributed by atoms with van der Waals surface area (Å²) < 4.78 is 12.7. The summed E-state index contributed by atoms with van der Waals surface area (Å²) in [5.74, 6) is 1.71. The maximum absolute atomic E-state index is 11.8. The highest BCUT2D eigenvalue weighted by Crippen LogP contribution is 2.35. The number of cyclic esters (lactones) is 1. The van der Waals surface area contributed by atoms with E-state index in [2.05, 4.69) is 45.2 Å². The minimum absolute atomic E-state index is 0.142. The van der Waals surface area contributed by atoms with Crippen LogP contribution in [0.5, 0.6) is 0 Å². The summed E-state index contributed by atoms with van der Waals surface area (Å²) in [6.45, 7) is 6.32. The molecule has 0 saturated carbocycles. The van der Waals surface area contributed by atoms with Gasteiger partial charge in [-0.2, -0.15) is 0 Å². The molecule has 0 radical (unpaired) electrons. The van der Waals surface area contributed by atoms with E-state index in [0.29, 0.717) is 19.1 Å². The normalized spacial score (nSPS) is 22.8. The number of ether oxygens (including phenoxy) is 1. The molecule has 8 heteroatoms. The van der Waals surface area contributed by atoms with Crippen molar-refractivity contribution in [2.24, 2.45) is 0 Å². The van der Waals surface area contributed by atoms with Crippen LogP contribution in [0.2, 0.25) is 0 Å². The van der Waals surface area contributed by atoms with Crippen LogP contribution in [0.4, 0.5) is 4.79 Å². The van der Waals surface area contributed by atoms with Crippen molar-refractivity contribution in [3.63, 3.8) is 0 Å². The highest BCUT2D eigenvalue weighted by molar-refractivity contribution is 5.84. The van der Waals surface area contributed by atoms with Crippen LogP contribution in [-0.4, -0.2) is 52.4 Å². The van der Waals surface area contributed by atoms with E-state index in [-0.39, 0.29) is 12.1 Å². The predicted octanol–water partition coefficient (Wildman–Crippen LogP) is 3.36. The van der Waals surface area contributed by atoms with Gasteiger partial charge in [0, 0.05) is 24.6 Å². The Balaban J connectivity index is 1.65. The van der Waals surface area contributed by atoms with E-state index in [1.54, 1.807) is 0 Å². The Morgan fingerprint density at radius 2 is 2.10 bits per heavy atom. The molecule has 4 heterocycles. The Kier molecular flexibility index (Phi) is 4.31. The van der Waals surface area contributed by atoms with Crippen molar-refractivity contribution in [3.8, 4) is 11.1 Å². The van der Waals surface area contributed by atoms with Crippen molar-refractivity contribution in [1.82, 2.24) is 24.9 Å². The van der Waals surface area contributed by atoms with Crippen LogP contribution in [-0.2, 0) is 4.74 Å². The molecule has 1 N–H and O–H groups in total. The van der Waals surface area contributed by atoms with E-state index in [9.17, 15) is 4.79 Å². The largest absolute Gasteiger partial charge is 0.449 e. The predicted molar refractivity (Wildman–Crippen MR) is 108 cm³/mol. The van der Waals surface area contributed by atoms with Gasteiger partial charge < -0.3 is 24.0 Å². The van der Waals surface area contributed by atoms with Crippen molar-refractivity contribution < 1.29 is 14.1 Å². The molecule has 2 atom stereocenters. The number of hydrogen-bond acceptors (Lipinski definition) is 6. The van der Waals surface area contributed by atoms with Crippen LogP contribution in [0.3, 0.4) is 0 Å². The molecule has 0 spiro atoms. The Bertz CT molecular complexity index is 1070. The number of carbonyl (C=O) groups is 1. The number of aryl methyl sites for hydroxylation is 2. The van der Waals surface area contributed by atoms with Crippen LogP contribution >= 0.6 is 0 Å². The van der Waals surface area contributed by atoms with Crippen molar-refractivity contribution >= 4 is 17.1 Å². The number of imidazole rings is 1. The van der Waals surface area contributed by atoms with E-state index >= 15 is 0 Å². The second kappa shape index (κ2) is 6.88. The third-order valence-electron chi connectivity index (χ3n) is 6.01. The standard InChI is InChI=1S/C21H25N5O3/c1-12-19(13(2)29-24-12)14-4-5-18-17(10-14)22-20(16-7-9-28-21(27)23-16)26(18)15-6-8-25(3)11-15/h4-5,10,15-16H,6-9,11H2,1-3H3,(H,23,27)/t15-,16+/m1/s1. The number of nitrogens with one attached hydrogen (secondary N) is 1. The molecule has 0 unspecified atom stereocenters. The fraction of sp³-hybridized carbons (Fsp3) is 0.476. The SMILES string of the molecule is Cc1noc(C)c1-c1ccc2c(c1)nc([C@@H]1CCOC(=O)N1)n2[C@@H]1CCN(C)C1. The van der Waals surface area contributed by atoms with Crippen molar-refractivity contribution in [3.05, 3.63) is 35.5 Å². The summed E-state index contributed by atoms with van der Waals surface area (Å²) in [5.41, 5.74) is 4.95. The van der Waals surface area contributed by atoms with Crippen LogP contribution in [0.15, 0.2) is 22.7 Å². The first-order valence-corrected chi connectivity index (χ1v) is 10.1. The Morgan fingerprint density at radius 1 is 1.24 bits per heavy atom. The zero-order valence-corrected chi connectivity index (χ0v) is 16.9. The molecule has 2 aromatic heterocycles. The van der Waals surface area contributed by atoms with E-state index in [1.807, 2.05) is 13.8 Å². The fourth-order valence-corrected chi connectivity index (χ4v) is 4.64. The molecule has 2 saturated heterocycles. The number of likely N-dealkylation sites (N-methyl/N-ethyl adjacent to an activating group) is 1. The number of amides is 1. The monoisotopic (exact) mass is 395 g/mol. The molecule has 0 aliphatic carbocycles. The number of aromatic nitrogens is 3. The molecule has 2 aliphatic rings.